The predicted molar refractivity (Wildman–Crippen MR) is 104 cm³/mol. The fraction of sp³-hybridized carbons (Fsp3) is 0.300. The van der Waals surface area contributed by atoms with E-state index in [1.54, 1.807) is 31.4 Å². The molecule has 0 aliphatic heterocycles. The number of rotatable bonds is 7. The number of benzene rings is 2. The number of halogens is 1. The molecule has 0 aromatic heterocycles. The highest BCUT2D eigenvalue weighted by Gasteiger charge is 2.28. The fourth-order valence-corrected chi connectivity index (χ4v) is 2.73. The van der Waals surface area contributed by atoms with Crippen LogP contribution in [-0.4, -0.2) is 32.6 Å². The molecular formula is C20H23ClN2O4. The Morgan fingerprint density at radius 2 is 1.74 bits per heavy atom. The first-order chi connectivity index (χ1) is 12.9. The molecule has 0 aliphatic carbocycles. The first-order valence-corrected chi connectivity index (χ1v) is 8.76. The molecule has 2 rings (SSSR count). The van der Waals surface area contributed by atoms with Gasteiger partial charge in [-0.05, 0) is 30.7 Å². The number of carbonyl (C=O) groups excluding carboxylic acids is 2. The van der Waals surface area contributed by atoms with Gasteiger partial charge >= 0.3 is 11.8 Å². The average Bonchev–Trinajstić information content (AvgIpc) is 2.70. The van der Waals surface area contributed by atoms with Gasteiger partial charge in [0.1, 0.15) is 11.4 Å². The lowest BCUT2D eigenvalue weighted by Crippen LogP contribution is -2.45. The molecule has 1 atom stereocenters. The number of hydrogen-bond acceptors (Lipinski definition) is 4. The standard InChI is InChI=1S/C20H23ClN2O4/c1-20(27-3,15-8-6-9-16(21)11-15)13-23-19(25)18(24)22-12-14-7-4-5-10-17(14)26-2/h4-11H,12-13H2,1-3H3,(H,22,24)(H,23,25)/t20-/m0/s1. The number of para-hydroxylation sites is 1. The van der Waals surface area contributed by atoms with Crippen molar-refractivity contribution in [3.8, 4) is 5.75 Å². The zero-order chi connectivity index (χ0) is 19.9. The van der Waals surface area contributed by atoms with Gasteiger partial charge in [0, 0.05) is 24.2 Å². The molecule has 0 heterocycles. The minimum atomic E-state index is -0.816. The molecule has 0 saturated carbocycles. The molecule has 0 fully saturated rings. The van der Waals surface area contributed by atoms with Crippen molar-refractivity contribution in [2.75, 3.05) is 20.8 Å². The quantitative estimate of drug-likeness (QED) is 0.712. The number of nitrogens with one attached hydrogen (secondary N) is 2. The molecule has 0 radical (unpaired) electrons. The number of hydrogen-bond donors (Lipinski definition) is 2. The van der Waals surface area contributed by atoms with Crippen LogP contribution in [0.4, 0.5) is 0 Å². The van der Waals surface area contributed by atoms with Gasteiger partial charge in [0.15, 0.2) is 0 Å². The van der Waals surface area contributed by atoms with Crippen LogP contribution in [-0.2, 0) is 26.5 Å². The van der Waals surface area contributed by atoms with Crippen molar-refractivity contribution in [3.63, 3.8) is 0 Å². The molecule has 6 nitrogen and oxygen atoms in total. The molecule has 0 aliphatic rings. The van der Waals surface area contributed by atoms with E-state index in [1.165, 1.54) is 7.11 Å². The summed E-state index contributed by atoms with van der Waals surface area (Å²) in [7, 11) is 3.09. The average molecular weight is 391 g/mol. The zero-order valence-corrected chi connectivity index (χ0v) is 16.3. The summed E-state index contributed by atoms with van der Waals surface area (Å²) in [5, 5.41) is 5.76. The van der Waals surface area contributed by atoms with Crippen LogP contribution in [0.1, 0.15) is 18.1 Å². The lowest BCUT2D eigenvalue weighted by Gasteiger charge is -2.29. The highest BCUT2D eigenvalue weighted by atomic mass is 35.5. The van der Waals surface area contributed by atoms with Crippen LogP contribution in [0, 0.1) is 0 Å². The highest BCUT2D eigenvalue weighted by Crippen LogP contribution is 2.26. The van der Waals surface area contributed by atoms with E-state index in [0.717, 1.165) is 11.1 Å². The van der Waals surface area contributed by atoms with E-state index in [0.29, 0.717) is 10.8 Å². The van der Waals surface area contributed by atoms with Gasteiger partial charge in [-0.25, -0.2) is 0 Å². The van der Waals surface area contributed by atoms with E-state index >= 15 is 0 Å². The zero-order valence-electron chi connectivity index (χ0n) is 15.5. The van der Waals surface area contributed by atoms with Crippen LogP contribution >= 0.6 is 11.6 Å². The van der Waals surface area contributed by atoms with Crippen molar-refractivity contribution in [1.29, 1.82) is 0 Å². The largest absolute Gasteiger partial charge is 0.496 e. The summed E-state index contributed by atoms with van der Waals surface area (Å²) in [5.74, 6) is -0.827. The van der Waals surface area contributed by atoms with Gasteiger partial charge in [-0.1, -0.05) is 41.9 Å². The van der Waals surface area contributed by atoms with Gasteiger partial charge in [0.05, 0.1) is 13.7 Å². The maximum absolute atomic E-state index is 12.1. The molecule has 0 unspecified atom stereocenters. The van der Waals surface area contributed by atoms with Gasteiger partial charge < -0.3 is 20.1 Å². The number of carbonyl (C=O) groups is 2. The Bertz CT molecular complexity index is 812. The van der Waals surface area contributed by atoms with E-state index in [-0.39, 0.29) is 13.1 Å². The Hall–Kier alpha value is -2.57. The Kier molecular flexibility index (Phi) is 7.21. The lowest BCUT2D eigenvalue weighted by atomic mass is 9.95. The highest BCUT2D eigenvalue weighted by molar-refractivity contribution is 6.35. The summed E-state index contributed by atoms with van der Waals surface area (Å²) < 4.78 is 10.8. The minimum Gasteiger partial charge on any atom is -0.496 e. The van der Waals surface area contributed by atoms with E-state index < -0.39 is 17.4 Å². The minimum absolute atomic E-state index is 0.116. The number of methoxy groups -OCH3 is 2. The molecule has 2 N–H and O–H groups in total. The maximum atomic E-state index is 12.1. The van der Waals surface area contributed by atoms with Gasteiger partial charge in [0.25, 0.3) is 0 Å². The Labute approximate surface area is 163 Å². The molecule has 0 bridgehead atoms. The van der Waals surface area contributed by atoms with Gasteiger partial charge in [-0.3, -0.25) is 9.59 Å². The Morgan fingerprint density at radius 1 is 1.04 bits per heavy atom. The molecule has 7 heteroatoms. The van der Waals surface area contributed by atoms with Gasteiger partial charge in [0.2, 0.25) is 0 Å². The second-order valence-corrected chi connectivity index (χ2v) is 6.56. The number of amides is 2. The topological polar surface area (TPSA) is 76.7 Å². The monoisotopic (exact) mass is 390 g/mol. The van der Waals surface area contributed by atoms with Crippen LogP contribution < -0.4 is 15.4 Å². The molecule has 0 saturated heterocycles. The lowest BCUT2D eigenvalue weighted by molar-refractivity contribution is -0.140. The molecule has 144 valence electrons. The fourth-order valence-electron chi connectivity index (χ4n) is 2.54. The molecule has 2 amide bonds. The smallest absolute Gasteiger partial charge is 0.309 e. The van der Waals surface area contributed by atoms with Crippen molar-refractivity contribution in [2.24, 2.45) is 0 Å². The van der Waals surface area contributed by atoms with Crippen LogP contribution in [0.25, 0.3) is 0 Å². The maximum Gasteiger partial charge on any atom is 0.309 e. The third kappa shape index (κ3) is 5.45. The van der Waals surface area contributed by atoms with Crippen molar-refractivity contribution < 1.29 is 19.1 Å². The second kappa shape index (κ2) is 9.39. The van der Waals surface area contributed by atoms with Crippen LogP contribution in [0.5, 0.6) is 5.75 Å². The summed E-state index contributed by atoms with van der Waals surface area (Å²) in [6, 6.07) is 14.4. The Morgan fingerprint density at radius 3 is 2.41 bits per heavy atom. The van der Waals surface area contributed by atoms with E-state index in [9.17, 15) is 9.59 Å². The van der Waals surface area contributed by atoms with Gasteiger partial charge in [-0.2, -0.15) is 0 Å². The molecule has 2 aromatic carbocycles. The van der Waals surface area contributed by atoms with Crippen LogP contribution in [0.15, 0.2) is 48.5 Å². The summed E-state index contributed by atoms with van der Waals surface area (Å²) in [6.45, 7) is 2.11. The normalized spacial score (nSPS) is 12.7. The predicted octanol–water partition coefficient (Wildman–Crippen LogP) is 2.64. The summed E-state index contributed by atoms with van der Waals surface area (Å²) in [5.41, 5.74) is 0.762. The SMILES string of the molecule is COc1ccccc1CNC(=O)C(=O)NC[C@](C)(OC)c1cccc(Cl)c1. The summed E-state index contributed by atoms with van der Waals surface area (Å²) in [6.07, 6.45) is 0. The van der Waals surface area contributed by atoms with E-state index in [2.05, 4.69) is 10.6 Å². The van der Waals surface area contributed by atoms with Crippen molar-refractivity contribution in [1.82, 2.24) is 10.6 Å². The van der Waals surface area contributed by atoms with Crippen molar-refractivity contribution in [3.05, 3.63) is 64.7 Å². The summed E-state index contributed by atoms with van der Waals surface area (Å²) >= 11 is 6.03. The van der Waals surface area contributed by atoms with E-state index in [1.807, 2.05) is 31.2 Å². The van der Waals surface area contributed by atoms with Crippen molar-refractivity contribution in [2.45, 2.75) is 19.1 Å². The van der Waals surface area contributed by atoms with Crippen molar-refractivity contribution >= 4 is 23.4 Å². The molecule has 0 spiro atoms. The first-order valence-electron chi connectivity index (χ1n) is 8.38. The third-order valence-corrected chi connectivity index (χ3v) is 4.55. The Balaban J connectivity index is 1.94. The first kappa shape index (κ1) is 20.7. The molecule has 27 heavy (non-hydrogen) atoms. The molecule has 2 aromatic rings. The van der Waals surface area contributed by atoms with E-state index in [4.69, 9.17) is 21.1 Å². The van der Waals surface area contributed by atoms with Crippen LogP contribution in [0.2, 0.25) is 5.02 Å². The third-order valence-electron chi connectivity index (χ3n) is 4.31. The van der Waals surface area contributed by atoms with Gasteiger partial charge in [-0.15, -0.1) is 0 Å². The second-order valence-electron chi connectivity index (χ2n) is 6.12. The summed E-state index contributed by atoms with van der Waals surface area (Å²) in [4.78, 5) is 24.2. The van der Waals surface area contributed by atoms with Crippen LogP contribution in [0.3, 0.4) is 0 Å². The number of ether oxygens (including phenoxy) is 2. The molecular weight excluding hydrogens is 368 g/mol.